The van der Waals surface area contributed by atoms with Gasteiger partial charge in [0.1, 0.15) is 11.4 Å². The number of rotatable bonds is 4. The van der Waals surface area contributed by atoms with Gasteiger partial charge in [0, 0.05) is 32.1 Å². The monoisotopic (exact) mass is 322 g/mol. The number of nitrogens with zero attached hydrogens (tertiary/aromatic N) is 3. The molecule has 0 atom stereocenters. The van der Waals surface area contributed by atoms with E-state index < -0.39 is 17.2 Å². The van der Waals surface area contributed by atoms with Crippen LogP contribution in [0.2, 0.25) is 0 Å². The van der Waals surface area contributed by atoms with Crippen molar-refractivity contribution in [3.05, 3.63) is 43.1 Å². The van der Waals surface area contributed by atoms with E-state index in [0.717, 1.165) is 16.0 Å². The lowest BCUT2D eigenvalue weighted by Gasteiger charge is -2.07. The van der Waals surface area contributed by atoms with Crippen LogP contribution in [0, 0.1) is 5.92 Å². The summed E-state index contributed by atoms with van der Waals surface area (Å²) < 4.78 is 2.18. The van der Waals surface area contributed by atoms with Crippen LogP contribution in [0.15, 0.2) is 21.2 Å². The van der Waals surface area contributed by atoms with Crippen molar-refractivity contribution < 1.29 is 4.79 Å². The molecule has 0 spiro atoms. The van der Waals surface area contributed by atoms with Gasteiger partial charge in [0.25, 0.3) is 11.5 Å². The number of amides is 1. The molecule has 0 aliphatic rings. The quantitative estimate of drug-likeness (QED) is 0.909. The highest BCUT2D eigenvalue weighted by molar-refractivity contribution is 7.09. The molecule has 0 aliphatic heterocycles. The SMILES string of the molecule is CC(C)Cc1nc(C(=O)Nc2cn(C)c(=O)n(C)c2=O)cs1. The number of anilines is 1. The molecule has 0 aromatic carbocycles. The number of hydrogen-bond acceptors (Lipinski definition) is 5. The minimum Gasteiger partial charge on any atom is -0.315 e. The highest BCUT2D eigenvalue weighted by Crippen LogP contribution is 2.15. The van der Waals surface area contributed by atoms with Crippen molar-refractivity contribution in [2.75, 3.05) is 5.32 Å². The molecule has 0 saturated heterocycles. The number of carbonyl (C=O) groups excluding carboxylic acids is 1. The molecule has 1 N–H and O–H groups in total. The maximum Gasteiger partial charge on any atom is 0.330 e. The Morgan fingerprint density at radius 3 is 2.68 bits per heavy atom. The van der Waals surface area contributed by atoms with Gasteiger partial charge < -0.3 is 9.88 Å². The largest absolute Gasteiger partial charge is 0.330 e. The summed E-state index contributed by atoms with van der Waals surface area (Å²) >= 11 is 1.42. The fourth-order valence-electron chi connectivity index (χ4n) is 1.94. The summed E-state index contributed by atoms with van der Waals surface area (Å²) in [5.41, 5.74) is -0.672. The Kier molecular flexibility index (Phi) is 4.60. The summed E-state index contributed by atoms with van der Waals surface area (Å²) in [6.07, 6.45) is 2.11. The molecule has 0 unspecified atom stereocenters. The van der Waals surface area contributed by atoms with E-state index in [9.17, 15) is 14.4 Å². The molecule has 7 nitrogen and oxygen atoms in total. The second kappa shape index (κ2) is 6.27. The number of thiazole rings is 1. The summed E-state index contributed by atoms with van der Waals surface area (Å²) in [5, 5.41) is 5.06. The summed E-state index contributed by atoms with van der Waals surface area (Å²) in [6.45, 7) is 4.16. The van der Waals surface area contributed by atoms with Gasteiger partial charge >= 0.3 is 5.69 Å². The molecule has 22 heavy (non-hydrogen) atoms. The van der Waals surface area contributed by atoms with Gasteiger partial charge in [-0.15, -0.1) is 11.3 Å². The van der Waals surface area contributed by atoms with Gasteiger partial charge in [-0.2, -0.15) is 0 Å². The van der Waals surface area contributed by atoms with Crippen LogP contribution in [0.1, 0.15) is 29.3 Å². The van der Waals surface area contributed by atoms with E-state index in [1.807, 2.05) is 0 Å². The second-order valence-corrected chi connectivity index (χ2v) is 6.42. The van der Waals surface area contributed by atoms with Crippen LogP contribution in [0.3, 0.4) is 0 Å². The standard InChI is InChI=1S/C14H18N4O3S/c1-8(2)5-11-15-10(7-22-11)12(19)16-9-6-17(3)14(21)18(4)13(9)20/h6-8H,5H2,1-4H3,(H,16,19). The van der Waals surface area contributed by atoms with Crippen LogP contribution in [0.5, 0.6) is 0 Å². The smallest absolute Gasteiger partial charge is 0.315 e. The van der Waals surface area contributed by atoms with E-state index in [-0.39, 0.29) is 11.4 Å². The Morgan fingerprint density at radius 1 is 1.36 bits per heavy atom. The summed E-state index contributed by atoms with van der Waals surface area (Å²) in [4.78, 5) is 40.0. The molecule has 8 heteroatoms. The zero-order chi connectivity index (χ0) is 16.4. The van der Waals surface area contributed by atoms with Gasteiger partial charge in [0.05, 0.1) is 5.01 Å². The van der Waals surface area contributed by atoms with E-state index >= 15 is 0 Å². The molecule has 2 rings (SSSR count). The van der Waals surface area contributed by atoms with Crippen LogP contribution in [-0.4, -0.2) is 20.0 Å². The average molecular weight is 322 g/mol. The third-order valence-electron chi connectivity index (χ3n) is 3.06. The molecule has 0 bridgehead atoms. The zero-order valence-corrected chi connectivity index (χ0v) is 13.7. The third-order valence-corrected chi connectivity index (χ3v) is 3.93. The maximum absolute atomic E-state index is 12.2. The van der Waals surface area contributed by atoms with Gasteiger partial charge in [0.15, 0.2) is 0 Å². The van der Waals surface area contributed by atoms with E-state index in [0.29, 0.717) is 5.92 Å². The van der Waals surface area contributed by atoms with Crippen LogP contribution in [-0.2, 0) is 20.5 Å². The average Bonchev–Trinajstić information content (AvgIpc) is 2.90. The minimum absolute atomic E-state index is 0.0491. The van der Waals surface area contributed by atoms with E-state index in [4.69, 9.17) is 0 Å². The molecule has 2 aromatic heterocycles. The third kappa shape index (κ3) is 3.33. The summed E-state index contributed by atoms with van der Waals surface area (Å²) in [7, 11) is 2.88. The molecular formula is C14H18N4O3S. The van der Waals surface area contributed by atoms with Gasteiger partial charge in [-0.05, 0) is 5.92 Å². The molecular weight excluding hydrogens is 304 g/mol. The highest BCUT2D eigenvalue weighted by atomic mass is 32.1. The Labute approximate surface area is 131 Å². The molecule has 0 aliphatic carbocycles. The van der Waals surface area contributed by atoms with Gasteiger partial charge in [-0.25, -0.2) is 9.78 Å². The Balaban J connectivity index is 2.24. The van der Waals surface area contributed by atoms with Crippen LogP contribution in [0.4, 0.5) is 5.69 Å². The molecule has 0 radical (unpaired) electrons. The highest BCUT2D eigenvalue weighted by Gasteiger charge is 2.15. The molecule has 0 fully saturated rings. The van der Waals surface area contributed by atoms with Gasteiger partial charge in [-0.3, -0.25) is 14.2 Å². The number of hydrogen-bond donors (Lipinski definition) is 1. The second-order valence-electron chi connectivity index (χ2n) is 5.48. The Morgan fingerprint density at radius 2 is 2.05 bits per heavy atom. The lowest BCUT2D eigenvalue weighted by atomic mass is 10.1. The summed E-state index contributed by atoms with van der Waals surface area (Å²) in [6, 6.07) is 0. The molecule has 0 saturated carbocycles. The van der Waals surface area contributed by atoms with Crippen LogP contribution in [0.25, 0.3) is 0 Å². The lowest BCUT2D eigenvalue weighted by molar-refractivity contribution is 0.102. The number of aryl methyl sites for hydroxylation is 1. The molecule has 2 heterocycles. The Bertz CT molecular complexity index is 816. The first kappa shape index (κ1) is 16.2. The predicted molar refractivity (Wildman–Crippen MR) is 85.5 cm³/mol. The molecule has 1 amide bonds. The number of aromatic nitrogens is 3. The van der Waals surface area contributed by atoms with Gasteiger partial charge in [-0.1, -0.05) is 13.8 Å². The first-order chi connectivity index (χ1) is 10.3. The predicted octanol–water partition coefficient (Wildman–Crippen LogP) is 0.991. The first-order valence-corrected chi connectivity index (χ1v) is 7.70. The van der Waals surface area contributed by atoms with Crippen LogP contribution < -0.4 is 16.6 Å². The fourth-order valence-corrected chi connectivity index (χ4v) is 2.93. The van der Waals surface area contributed by atoms with E-state index in [1.165, 1.54) is 36.2 Å². The van der Waals surface area contributed by atoms with Crippen LogP contribution >= 0.6 is 11.3 Å². The normalized spacial score (nSPS) is 11.0. The van der Waals surface area contributed by atoms with Crippen molar-refractivity contribution in [2.45, 2.75) is 20.3 Å². The van der Waals surface area contributed by atoms with Crippen molar-refractivity contribution >= 4 is 22.9 Å². The maximum atomic E-state index is 12.2. The van der Waals surface area contributed by atoms with Crippen molar-refractivity contribution in [2.24, 2.45) is 20.0 Å². The number of nitrogens with one attached hydrogen (secondary N) is 1. The molecule has 2 aromatic rings. The van der Waals surface area contributed by atoms with Crippen molar-refractivity contribution in [1.82, 2.24) is 14.1 Å². The lowest BCUT2D eigenvalue weighted by Crippen LogP contribution is -2.38. The van der Waals surface area contributed by atoms with E-state index in [1.54, 1.807) is 5.38 Å². The number of carbonyl (C=O) groups is 1. The van der Waals surface area contributed by atoms with E-state index in [2.05, 4.69) is 24.1 Å². The molecule has 118 valence electrons. The minimum atomic E-state index is -0.547. The fraction of sp³-hybridized carbons (Fsp3) is 0.429. The van der Waals surface area contributed by atoms with Crippen molar-refractivity contribution in [3.63, 3.8) is 0 Å². The summed E-state index contributed by atoms with van der Waals surface area (Å²) in [5.74, 6) is 0.00000786. The zero-order valence-electron chi connectivity index (χ0n) is 12.9. The topological polar surface area (TPSA) is 86.0 Å². The van der Waals surface area contributed by atoms with Crippen molar-refractivity contribution in [1.29, 1.82) is 0 Å². The Hall–Kier alpha value is -2.22. The first-order valence-electron chi connectivity index (χ1n) is 6.82. The van der Waals surface area contributed by atoms with Crippen molar-refractivity contribution in [3.8, 4) is 0 Å². The van der Waals surface area contributed by atoms with Gasteiger partial charge in [0.2, 0.25) is 0 Å².